The van der Waals surface area contributed by atoms with Gasteiger partial charge < -0.3 is 14.7 Å². The average molecular weight is 430 g/mol. The Hall–Kier alpha value is -1.80. The van der Waals surface area contributed by atoms with Crippen LogP contribution in [0.15, 0.2) is 24.3 Å². The molecule has 8 heteroatoms. The molecule has 2 unspecified atom stereocenters. The zero-order valence-electron chi connectivity index (χ0n) is 16.9. The lowest BCUT2D eigenvalue weighted by atomic mass is 10.1. The summed E-state index contributed by atoms with van der Waals surface area (Å²) in [5, 5.41) is 10.00. The molecule has 2 rings (SSSR count). The van der Waals surface area contributed by atoms with E-state index in [1.807, 2.05) is 0 Å². The number of carbonyl (C=O) groups is 2. The highest BCUT2D eigenvalue weighted by Crippen LogP contribution is 2.34. The van der Waals surface area contributed by atoms with Gasteiger partial charge >= 0.3 is 11.9 Å². The van der Waals surface area contributed by atoms with E-state index in [0.29, 0.717) is 24.1 Å². The Morgan fingerprint density at radius 2 is 2.17 bits per heavy atom. The fourth-order valence-corrected chi connectivity index (χ4v) is 4.33. The topological polar surface area (TPSA) is 66.8 Å². The van der Waals surface area contributed by atoms with E-state index in [-0.39, 0.29) is 6.54 Å². The number of rotatable bonds is 11. The number of methoxy groups -OCH3 is 1. The van der Waals surface area contributed by atoms with Gasteiger partial charge in [0.2, 0.25) is 0 Å². The molecule has 29 heavy (non-hydrogen) atoms. The van der Waals surface area contributed by atoms with Crippen LogP contribution in [0.2, 0.25) is 0 Å². The summed E-state index contributed by atoms with van der Waals surface area (Å²) in [5.74, 6) is -4.93. The van der Waals surface area contributed by atoms with Crippen molar-refractivity contribution in [1.29, 1.82) is 0 Å². The molecule has 0 aliphatic carbocycles. The van der Waals surface area contributed by atoms with Gasteiger partial charge in [-0.25, -0.2) is 4.79 Å². The van der Waals surface area contributed by atoms with Crippen molar-refractivity contribution in [2.45, 2.75) is 69.9 Å². The van der Waals surface area contributed by atoms with Crippen LogP contribution in [0, 0.1) is 0 Å². The van der Waals surface area contributed by atoms with Crippen molar-refractivity contribution < 1.29 is 28.2 Å². The molecule has 1 fully saturated rings. The Balaban J connectivity index is 1.92. The summed E-state index contributed by atoms with van der Waals surface area (Å²) in [4.78, 5) is 26.2. The van der Waals surface area contributed by atoms with Gasteiger partial charge in [-0.05, 0) is 31.4 Å². The lowest BCUT2D eigenvalue weighted by molar-refractivity contribution is -0.148. The van der Waals surface area contributed by atoms with Crippen LogP contribution >= 0.6 is 11.3 Å². The van der Waals surface area contributed by atoms with Crippen LogP contribution in [0.1, 0.15) is 60.0 Å². The number of hydrogen-bond donors (Lipinski definition) is 1. The van der Waals surface area contributed by atoms with Gasteiger partial charge in [0.15, 0.2) is 0 Å². The summed E-state index contributed by atoms with van der Waals surface area (Å²) in [7, 11) is 1.31. The fourth-order valence-electron chi connectivity index (χ4n) is 3.36. The van der Waals surface area contributed by atoms with E-state index in [2.05, 4.69) is 11.7 Å². The molecule has 0 saturated carbocycles. The number of aryl methyl sites for hydroxylation is 1. The maximum atomic E-state index is 14.0. The second kappa shape index (κ2) is 10.8. The molecule has 1 N–H and O–H groups in total. The number of likely N-dealkylation sites (tertiary alicyclic amines) is 1. The van der Waals surface area contributed by atoms with E-state index >= 15 is 0 Å². The van der Waals surface area contributed by atoms with Crippen molar-refractivity contribution in [1.82, 2.24) is 4.90 Å². The molecule has 5 nitrogen and oxygen atoms in total. The molecule has 0 aromatic carbocycles. The number of aliphatic hydroxyl groups excluding tert-OH is 1. The minimum Gasteiger partial charge on any atom is -0.465 e. The number of hydrogen-bond acceptors (Lipinski definition) is 5. The third kappa shape index (κ3) is 6.60. The number of unbranched alkanes of at least 4 members (excludes halogenated alkanes) is 2. The van der Waals surface area contributed by atoms with Crippen LogP contribution < -0.4 is 0 Å². The summed E-state index contributed by atoms with van der Waals surface area (Å²) >= 11 is 1.30. The maximum Gasteiger partial charge on any atom is 0.348 e. The SMILES string of the molecule is CCCCCC(O)C=CC1CC(F)(F)C(=O)N1CCCc1ccc(C(=O)OC)s1. The second-order valence-electron chi connectivity index (χ2n) is 7.28. The van der Waals surface area contributed by atoms with Crippen molar-refractivity contribution in [3.8, 4) is 0 Å². The quantitative estimate of drug-likeness (QED) is 0.325. The third-order valence-corrected chi connectivity index (χ3v) is 6.09. The largest absolute Gasteiger partial charge is 0.465 e. The first-order valence-electron chi connectivity index (χ1n) is 10.0. The molecule has 0 spiro atoms. The van der Waals surface area contributed by atoms with Crippen LogP contribution in [0.5, 0.6) is 0 Å². The standard InChI is InChI=1S/C21H29F2NO4S/c1-3-4-5-7-16(25)10-9-15-14-21(22,23)20(27)24(15)13-6-8-17-11-12-18(29-17)19(26)28-2/h9-12,15-16,25H,3-8,13-14H2,1-2H3. The van der Waals surface area contributed by atoms with E-state index in [0.717, 1.165) is 24.1 Å². The van der Waals surface area contributed by atoms with Gasteiger partial charge in [0.05, 0.1) is 19.3 Å². The molecule has 1 aliphatic rings. The number of esters is 1. The first kappa shape index (κ1) is 23.5. The fraction of sp³-hybridized carbons (Fsp3) is 0.619. The predicted octanol–water partition coefficient (Wildman–Crippen LogP) is 4.20. The van der Waals surface area contributed by atoms with Gasteiger partial charge in [-0.2, -0.15) is 8.78 Å². The third-order valence-electron chi connectivity index (χ3n) is 4.97. The molecule has 2 atom stereocenters. The highest BCUT2D eigenvalue weighted by atomic mass is 32.1. The van der Waals surface area contributed by atoms with Gasteiger partial charge in [-0.15, -0.1) is 11.3 Å². The number of alkyl halides is 2. The van der Waals surface area contributed by atoms with Gasteiger partial charge in [0.25, 0.3) is 5.91 Å². The minimum absolute atomic E-state index is 0.195. The number of nitrogens with zero attached hydrogens (tertiary/aromatic N) is 1. The van der Waals surface area contributed by atoms with Crippen LogP contribution in [-0.4, -0.2) is 53.6 Å². The number of ether oxygens (including phenoxy) is 1. The van der Waals surface area contributed by atoms with Crippen molar-refractivity contribution in [2.24, 2.45) is 0 Å². The molecule has 2 heterocycles. The lowest BCUT2D eigenvalue weighted by Gasteiger charge is -2.21. The number of aliphatic hydroxyl groups is 1. The average Bonchev–Trinajstić information content (AvgIpc) is 3.24. The molecule has 1 aromatic heterocycles. The van der Waals surface area contributed by atoms with Gasteiger partial charge in [0.1, 0.15) is 4.88 Å². The number of carbonyl (C=O) groups excluding carboxylic acids is 2. The minimum atomic E-state index is -3.37. The van der Waals surface area contributed by atoms with E-state index in [1.165, 1.54) is 35.5 Å². The molecule has 1 aromatic rings. The highest BCUT2D eigenvalue weighted by molar-refractivity contribution is 7.13. The van der Waals surface area contributed by atoms with Gasteiger partial charge in [0, 0.05) is 17.8 Å². The summed E-state index contributed by atoms with van der Waals surface area (Å²) in [6, 6.07) is 2.76. The van der Waals surface area contributed by atoms with Crippen molar-refractivity contribution in [3.63, 3.8) is 0 Å². The molecule has 0 bridgehead atoms. The molecule has 1 amide bonds. The summed E-state index contributed by atoms with van der Waals surface area (Å²) < 4.78 is 32.6. The molecule has 0 radical (unpaired) electrons. The second-order valence-corrected chi connectivity index (χ2v) is 8.45. The Bertz CT molecular complexity index is 719. The highest BCUT2D eigenvalue weighted by Gasteiger charge is 2.52. The van der Waals surface area contributed by atoms with Crippen molar-refractivity contribution >= 4 is 23.2 Å². The molecule has 1 aliphatic heterocycles. The Kier molecular flexibility index (Phi) is 8.77. The molecule has 1 saturated heterocycles. The summed E-state index contributed by atoms with van der Waals surface area (Å²) in [6.07, 6.45) is 6.42. The Morgan fingerprint density at radius 1 is 1.41 bits per heavy atom. The van der Waals surface area contributed by atoms with Gasteiger partial charge in [-0.3, -0.25) is 4.79 Å². The van der Waals surface area contributed by atoms with Crippen LogP contribution in [0.4, 0.5) is 8.78 Å². The van der Waals surface area contributed by atoms with E-state index in [1.54, 1.807) is 12.1 Å². The van der Waals surface area contributed by atoms with Crippen molar-refractivity contribution in [2.75, 3.05) is 13.7 Å². The first-order chi connectivity index (χ1) is 13.8. The van der Waals surface area contributed by atoms with Gasteiger partial charge in [-0.1, -0.05) is 38.3 Å². The van der Waals surface area contributed by atoms with Crippen LogP contribution in [-0.2, 0) is 16.0 Å². The summed E-state index contributed by atoms with van der Waals surface area (Å²) in [6.45, 7) is 2.26. The Morgan fingerprint density at radius 3 is 2.86 bits per heavy atom. The van der Waals surface area contributed by atoms with Crippen LogP contribution in [0.3, 0.4) is 0 Å². The first-order valence-corrected chi connectivity index (χ1v) is 10.8. The smallest absolute Gasteiger partial charge is 0.348 e. The zero-order valence-corrected chi connectivity index (χ0v) is 17.7. The lowest BCUT2D eigenvalue weighted by Crippen LogP contribution is -2.36. The maximum absolute atomic E-state index is 14.0. The number of amides is 1. The van der Waals surface area contributed by atoms with E-state index in [9.17, 15) is 23.5 Å². The summed E-state index contributed by atoms with van der Waals surface area (Å²) in [5.41, 5.74) is 0. The number of thiophene rings is 1. The normalized spacial score (nSPS) is 19.8. The van der Waals surface area contributed by atoms with Crippen molar-refractivity contribution in [3.05, 3.63) is 34.0 Å². The van der Waals surface area contributed by atoms with E-state index in [4.69, 9.17) is 0 Å². The molecule has 162 valence electrons. The van der Waals surface area contributed by atoms with E-state index < -0.39 is 36.4 Å². The zero-order chi connectivity index (χ0) is 21.4. The molecular weight excluding hydrogens is 400 g/mol. The predicted molar refractivity (Wildman–Crippen MR) is 108 cm³/mol. The molecular formula is C21H29F2NO4S. The monoisotopic (exact) mass is 429 g/mol. The number of halogens is 2. The van der Waals surface area contributed by atoms with Crippen LogP contribution in [0.25, 0.3) is 0 Å². The Labute approximate surface area is 174 Å².